The number of carbonyl (C=O) groups excluding carboxylic acids is 1. The van der Waals surface area contributed by atoms with Crippen LogP contribution in [0.4, 0.5) is 4.39 Å². The summed E-state index contributed by atoms with van der Waals surface area (Å²) in [7, 11) is 0. The van der Waals surface area contributed by atoms with Crippen LogP contribution in [0.15, 0.2) is 53.5 Å². The minimum absolute atomic E-state index is 0.0993. The maximum atomic E-state index is 14.6. The molecule has 0 saturated heterocycles. The third-order valence-corrected chi connectivity index (χ3v) is 4.66. The van der Waals surface area contributed by atoms with E-state index in [2.05, 4.69) is 0 Å². The molecule has 5 heteroatoms. The summed E-state index contributed by atoms with van der Waals surface area (Å²) in [5, 5.41) is 0.728. The van der Waals surface area contributed by atoms with Gasteiger partial charge in [0.1, 0.15) is 12.4 Å². The molecule has 0 bridgehead atoms. The predicted octanol–water partition coefficient (Wildman–Crippen LogP) is 4.07. The molecule has 2 aromatic carbocycles. The predicted molar refractivity (Wildman–Crippen MR) is 96.9 cm³/mol. The quantitative estimate of drug-likeness (QED) is 0.666. The molecular weight excluding hydrogens is 333 g/mol. The maximum absolute atomic E-state index is 14.6. The van der Waals surface area contributed by atoms with Crippen molar-refractivity contribution in [1.82, 2.24) is 4.57 Å². The van der Waals surface area contributed by atoms with E-state index in [9.17, 15) is 14.0 Å². The molecule has 0 aliphatic heterocycles. The maximum Gasteiger partial charge on any atom is 0.302 e. The first kappa shape index (κ1) is 16.5. The Bertz CT molecular complexity index is 1070. The smallest absolute Gasteiger partial charge is 0.302 e. The van der Waals surface area contributed by atoms with Gasteiger partial charge in [-0.2, -0.15) is 0 Å². The number of pyridine rings is 1. The highest BCUT2D eigenvalue weighted by Crippen LogP contribution is 2.41. The van der Waals surface area contributed by atoms with Gasteiger partial charge < -0.3 is 4.74 Å². The topological polar surface area (TPSA) is 48.3 Å². The molecule has 1 aromatic heterocycles. The molecule has 0 radical (unpaired) electrons. The van der Waals surface area contributed by atoms with Gasteiger partial charge in [0.15, 0.2) is 0 Å². The zero-order valence-electron chi connectivity index (χ0n) is 14.4. The summed E-state index contributed by atoms with van der Waals surface area (Å²) in [6, 6.07) is 12.3. The molecule has 1 aliphatic rings. The summed E-state index contributed by atoms with van der Waals surface area (Å²) < 4.78 is 21.0. The SMILES string of the molecule is CC(=O)OCc1cccc(-n2ccc3cc(C4CC4)cc(F)c3c2=O)c1. The second-order valence-electron chi connectivity index (χ2n) is 6.68. The molecule has 1 saturated carbocycles. The summed E-state index contributed by atoms with van der Waals surface area (Å²) in [5.74, 6) is -0.416. The average molecular weight is 351 g/mol. The van der Waals surface area contributed by atoms with Crippen molar-refractivity contribution in [2.24, 2.45) is 0 Å². The number of nitrogens with zero attached hydrogens (tertiary/aromatic N) is 1. The first-order valence-electron chi connectivity index (χ1n) is 8.60. The minimum atomic E-state index is -0.472. The van der Waals surface area contributed by atoms with Crippen molar-refractivity contribution in [3.05, 3.63) is 76.0 Å². The van der Waals surface area contributed by atoms with Crippen molar-refractivity contribution < 1.29 is 13.9 Å². The highest BCUT2D eigenvalue weighted by Gasteiger charge is 2.25. The Morgan fingerprint density at radius 1 is 1.23 bits per heavy atom. The fourth-order valence-corrected chi connectivity index (χ4v) is 3.19. The van der Waals surface area contributed by atoms with Gasteiger partial charge >= 0.3 is 5.97 Å². The molecule has 0 spiro atoms. The van der Waals surface area contributed by atoms with E-state index < -0.39 is 11.4 Å². The zero-order valence-corrected chi connectivity index (χ0v) is 14.4. The molecule has 3 aromatic rings. The van der Waals surface area contributed by atoms with E-state index >= 15 is 0 Å². The van der Waals surface area contributed by atoms with Gasteiger partial charge in [0.2, 0.25) is 0 Å². The van der Waals surface area contributed by atoms with Crippen molar-refractivity contribution >= 4 is 16.7 Å². The molecular formula is C21H18FNO3. The highest BCUT2D eigenvalue weighted by molar-refractivity contribution is 5.83. The first-order chi connectivity index (χ1) is 12.5. The molecule has 0 unspecified atom stereocenters. The van der Waals surface area contributed by atoms with Crippen LogP contribution < -0.4 is 5.56 Å². The molecule has 0 atom stereocenters. The van der Waals surface area contributed by atoms with E-state index in [1.165, 1.54) is 17.6 Å². The van der Waals surface area contributed by atoms with E-state index in [1.54, 1.807) is 36.5 Å². The largest absolute Gasteiger partial charge is 0.461 e. The Kier molecular flexibility index (Phi) is 4.07. The molecule has 132 valence electrons. The van der Waals surface area contributed by atoms with Crippen LogP contribution in [0, 0.1) is 5.82 Å². The fraction of sp³-hybridized carbons (Fsp3) is 0.238. The van der Waals surface area contributed by atoms with E-state index in [0.29, 0.717) is 17.0 Å². The Hall–Kier alpha value is -2.95. The van der Waals surface area contributed by atoms with E-state index in [-0.39, 0.29) is 18.0 Å². The second-order valence-corrected chi connectivity index (χ2v) is 6.68. The molecule has 0 N–H and O–H groups in total. The molecule has 1 aliphatic carbocycles. The molecule has 1 fully saturated rings. The van der Waals surface area contributed by atoms with Crippen LogP contribution in [0.3, 0.4) is 0 Å². The monoisotopic (exact) mass is 351 g/mol. The van der Waals surface area contributed by atoms with Gasteiger partial charge in [0.25, 0.3) is 5.56 Å². The number of esters is 1. The third kappa shape index (κ3) is 3.12. The minimum Gasteiger partial charge on any atom is -0.461 e. The number of carbonyl (C=O) groups is 1. The first-order valence-corrected chi connectivity index (χ1v) is 8.60. The number of ether oxygens (including phenoxy) is 1. The molecule has 4 nitrogen and oxygen atoms in total. The van der Waals surface area contributed by atoms with Crippen molar-refractivity contribution in [3.63, 3.8) is 0 Å². The lowest BCUT2D eigenvalue weighted by Gasteiger charge is -2.11. The Morgan fingerprint density at radius 2 is 2.04 bits per heavy atom. The Balaban J connectivity index is 1.77. The van der Waals surface area contributed by atoms with Crippen LogP contribution in [0.25, 0.3) is 16.5 Å². The molecule has 1 heterocycles. The van der Waals surface area contributed by atoms with Crippen molar-refractivity contribution in [2.75, 3.05) is 0 Å². The van der Waals surface area contributed by atoms with Crippen LogP contribution in [0.1, 0.15) is 36.8 Å². The fourth-order valence-electron chi connectivity index (χ4n) is 3.19. The lowest BCUT2D eigenvalue weighted by Crippen LogP contribution is -2.19. The van der Waals surface area contributed by atoms with Crippen LogP contribution in [0.5, 0.6) is 0 Å². The molecule has 4 rings (SSSR count). The van der Waals surface area contributed by atoms with Gasteiger partial charge in [-0.25, -0.2) is 4.39 Å². The number of benzene rings is 2. The summed E-state index contributed by atoms with van der Waals surface area (Å²) in [6.45, 7) is 1.47. The standard InChI is InChI=1S/C21H18FNO3/c1-13(24)26-12-14-3-2-4-18(9-14)23-8-7-16-10-17(15-5-6-15)11-19(22)20(16)21(23)25/h2-4,7-11,15H,5-6,12H2,1H3. The van der Waals surface area contributed by atoms with E-state index in [0.717, 1.165) is 24.0 Å². The van der Waals surface area contributed by atoms with Crippen LogP contribution in [-0.2, 0) is 16.1 Å². The summed E-state index contributed by atoms with van der Waals surface area (Å²) in [6.07, 6.45) is 3.82. The lowest BCUT2D eigenvalue weighted by molar-refractivity contribution is -0.142. The van der Waals surface area contributed by atoms with Gasteiger partial charge in [-0.05, 0) is 59.5 Å². The van der Waals surface area contributed by atoms with E-state index in [4.69, 9.17) is 4.74 Å². The number of hydrogen-bond acceptors (Lipinski definition) is 3. The zero-order chi connectivity index (χ0) is 18.3. The van der Waals surface area contributed by atoms with Crippen LogP contribution in [-0.4, -0.2) is 10.5 Å². The molecule has 0 amide bonds. The van der Waals surface area contributed by atoms with Gasteiger partial charge in [-0.3, -0.25) is 14.2 Å². The summed E-state index contributed by atoms with van der Waals surface area (Å²) in [4.78, 5) is 23.8. The highest BCUT2D eigenvalue weighted by atomic mass is 19.1. The van der Waals surface area contributed by atoms with Gasteiger partial charge in [0, 0.05) is 18.8 Å². The number of hydrogen-bond donors (Lipinski definition) is 0. The summed E-state index contributed by atoms with van der Waals surface area (Å²) >= 11 is 0. The lowest BCUT2D eigenvalue weighted by atomic mass is 10.0. The number of halogens is 1. The van der Waals surface area contributed by atoms with Crippen molar-refractivity contribution in [3.8, 4) is 5.69 Å². The Labute approximate surface area is 149 Å². The van der Waals surface area contributed by atoms with Crippen LogP contribution >= 0.6 is 0 Å². The second kappa shape index (κ2) is 6.41. The van der Waals surface area contributed by atoms with Gasteiger partial charge in [-0.1, -0.05) is 18.2 Å². The van der Waals surface area contributed by atoms with Gasteiger partial charge in [0.05, 0.1) is 5.39 Å². The molecule has 26 heavy (non-hydrogen) atoms. The number of aromatic nitrogens is 1. The van der Waals surface area contributed by atoms with Crippen LogP contribution in [0.2, 0.25) is 0 Å². The number of rotatable bonds is 4. The average Bonchev–Trinajstić information content (AvgIpc) is 3.45. The Morgan fingerprint density at radius 3 is 2.77 bits per heavy atom. The van der Waals surface area contributed by atoms with E-state index in [1.807, 2.05) is 6.07 Å². The van der Waals surface area contributed by atoms with Crippen molar-refractivity contribution in [2.45, 2.75) is 32.3 Å². The third-order valence-electron chi connectivity index (χ3n) is 4.66. The number of fused-ring (bicyclic) bond motifs is 1. The summed E-state index contributed by atoms with van der Waals surface area (Å²) in [5.41, 5.74) is 1.93. The normalized spacial score (nSPS) is 13.8. The van der Waals surface area contributed by atoms with Crippen molar-refractivity contribution in [1.29, 1.82) is 0 Å². The van der Waals surface area contributed by atoms with Gasteiger partial charge in [-0.15, -0.1) is 0 Å².